The fraction of sp³-hybridized carbons (Fsp3) is 0.786. The van der Waals surface area contributed by atoms with E-state index in [1.165, 1.54) is 17.0 Å². The van der Waals surface area contributed by atoms with Crippen molar-refractivity contribution in [3.8, 4) is 0 Å². The zero-order valence-electron chi connectivity index (χ0n) is 12.6. The van der Waals surface area contributed by atoms with E-state index in [4.69, 9.17) is 0 Å². The lowest BCUT2D eigenvalue weighted by Crippen LogP contribution is -2.30. The predicted molar refractivity (Wildman–Crippen MR) is 77.1 cm³/mol. The summed E-state index contributed by atoms with van der Waals surface area (Å²) in [7, 11) is 2.19. The van der Waals surface area contributed by atoms with Crippen molar-refractivity contribution in [1.29, 1.82) is 0 Å². The standard InChI is InChI=1S/C14H28N4/c1-6-15-9-11-17(5)10-8-14-12(3)16-18(7-2)13(14)4/h15H,6-11H2,1-5H3. The van der Waals surface area contributed by atoms with Crippen LogP contribution < -0.4 is 5.32 Å². The summed E-state index contributed by atoms with van der Waals surface area (Å²) in [4.78, 5) is 2.38. The Bertz CT molecular complexity index is 357. The Labute approximate surface area is 111 Å². The summed E-state index contributed by atoms with van der Waals surface area (Å²) in [6.07, 6.45) is 1.10. The van der Waals surface area contributed by atoms with Crippen molar-refractivity contribution in [1.82, 2.24) is 20.0 Å². The molecule has 4 nitrogen and oxygen atoms in total. The van der Waals surface area contributed by atoms with Crippen LogP contribution in [0.25, 0.3) is 0 Å². The van der Waals surface area contributed by atoms with E-state index < -0.39 is 0 Å². The van der Waals surface area contributed by atoms with Crippen molar-refractivity contribution in [2.45, 2.75) is 40.7 Å². The number of hydrogen-bond acceptors (Lipinski definition) is 3. The molecule has 0 saturated heterocycles. The van der Waals surface area contributed by atoms with Gasteiger partial charge in [-0.05, 0) is 46.3 Å². The normalized spacial score (nSPS) is 11.4. The first-order valence-corrected chi connectivity index (χ1v) is 7.02. The number of hydrogen-bond donors (Lipinski definition) is 1. The SMILES string of the molecule is CCNCCN(C)CCc1c(C)nn(CC)c1C. The van der Waals surface area contributed by atoms with Gasteiger partial charge in [0.25, 0.3) is 0 Å². The highest BCUT2D eigenvalue weighted by atomic mass is 15.3. The van der Waals surface area contributed by atoms with Gasteiger partial charge in [-0.25, -0.2) is 0 Å². The zero-order chi connectivity index (χ0) is 13.5. The van der Waals surface area contributed by atoms with Gasteiger partial charge in [0.2, 0.25) is 0 Å². The van der Waals surface area contributed by atoms with Crippen LogP contribution >= 0.6 is 0 Å². The van der Waals surface area contributed by atoms with E-state index in [1.54, 1.807) is 0 Å². The molecule has 0 aliphatic rings. The van der Waals surface area contributed by atoms with Crippen LogP contribution in [0.4, 0.5) is 0 Å². The third-order valence-corrected chi connectivity index (χ3v) is 3.49. The Balaban J connectivity index is 2.45. The molecule has 0 bridgehead atoms. The quantitative estimate of drug-likeness (QED) is 0.714. The van der Waals surface area contributed by atoms with Crippen molar-refractivity contribution in [2.75, 3.05) is 33.2 Å². The molecular weight excluding hydrogens is 224 g/mol. The van der Waals surface area contributed by atoms with Gasteiger partial charge in [0, 0.05) is 31.9 Å². The summed E-state index contributed by atoms with van der Waals surface area (Å²) in [6, 6.07) is 0. The highest BCUT2D eigenvalue weighted by Gasteiger charge is 2.10. The van der Waals surface area contributed by atoms with Gasteiger partial charge in [-0.15, -0.1) is 0 Å². The maximum Gasteiger partial charge on any atom is 0.0628 e. The second kappa shape index (κ2) is 7.54. The first-order valence-electron chi connectivity index (χ1n) is 7.02. The number of nitrogens with one attached hydrogen (secondary N) is 1. The van der Waals surface area contributed by atoms with Crippen LogP contribution in [0.1, 0.15) is 30.8 Å². The summed E-state index contributed by atoms with van der Waals surface area (Å²) in [5.74, 6) is 0. The molecule has 1 aromatic rings. The molecule has 1 aromatic heterocycles. The lowest BCUT2D eigenvalue weighted by Gasteiger charge is -2.16. The number of rotatable bonds is 8. The molecule has 104 valence electrons. The molecule has 0 unspecified atom stereocenters. The minimum Gasteiger partial charge on any atom is -0.316 e. The molecule has 0 aliphatic carbocycles. The smallest absolute Gasteiger partial charge is 0.0628 e. The average molecular weight is 252 g/mol. The molecule has 0 radical (unpaired) electrons. The number of aryl methyl sites for hydroxylation is 2. The Morgan fingerprint density at radius 1 is 1.22 bits per heavy atom. The molecule has 0 fully saturated rings. The van der Waals surface area contributed by atoms with E-state index in [-0.39, 0.29) is 0 Å². The van der Waals surface area contributed by atoms with E-state index in [9.17, 15) is 0 Å². The van der Waals surface area contributed by atoms with Gasteiger partial charge in [-0.1, -0.05) is 6.92 Å². The third kappa shape index (κ3) is 4.10. The largest absolute Gasteiger partial charge is 0.316 e. The van der Waals surface area contributed by atoms with Crippen molar-refractivity contribution in [3.63, 3.8) is 0 Å². The average Bonchev–Trinajstić information content (AvgIpc) is 2.62. The number of nitrogens with zero attached hydrogens (tertiary/aromatic N) is 3. The Morgan fingerprint density at radius 2 is 1.94 bits per heavy atom. The molecule has 1 rings (SSSR count). The molecule has 18 heavy (non-hydrogen) atoms. The van der Waals surface area contributed by atoms with Gasteiger partial charge in [0.05, 0.1) is 5.69 Å². The van der Waals surface area contributed by atoms with Crippen LogP contribution in [-0.2, 0) is 13.0 Å². The summed E-state index contributed by atoms with van der Waals surface area (Å²) in [5, 5.41) is 7.92. The molecule has 0 saturated carbocycles. The second-order valence-electron chi connectivity index (χ2n) is 4.87. The van der Waals surface area contributed by atoms with Gasteiger partial charge in [0.1, 0.15) is 0 Å². The molecule has 1 N–H and O–H groups in total. The molecule has 0 atom stereocenters. The summed E-state index contributed by atoms with van der Waals surface area (Å²) in [6.45, 7) is 13.9. The minimum absolute atomic E-state index is 0.961. The maximum atomic E-state index is 4.57. The van der Waals surface area contributed by atoms with Crippen LogP contribution in [0.2, 0.25) is 0 Å². The van der Waals surface area contributed by atoms with Crippen LogP contribution in [0.15, 0.2) is 0 Å². The maximum absolute atomic E-state index is 4.57. The van der Waals surface area contributed by atoms with E-state index >= 15 is 0 Å². The molecule has 0 aromatic carbocycles. The monoisotopic (exact) mass is 252 g/mol. The highest BCUT2D eigenvalue weighted by molar-refractivity contribution is 5.24. The highest BCUT2D eigenvalue weighted by Crippen LogP contribution is 2.13. The van der Waals surface area contributed by atoms with Gasteiger partial charge < -0.3 is 10.2 Å². The van der Waals surface area contributed by atoms with Crippen LogP contribution in [0.3, 0.4) is 0 Å². The Kier molecular flexibility index (Phi) is 6.36. The van der Waals surface area contributed by atoms with Gasteiger partial charge in [-0.3, -0.25) is 4.68 Å². The van der Waals surface area contributed by atoms with Gasteiger partial charge in [-0.2, -0.15) is 5.10 Å². The van der Waals surface area contributed by atoms with Gasteiger partial charge >= 0.3 is 0 Å². The van der Waals surface area contributed by atoms with Crippen LogP contribution in [0.5, 0.6) is 0 Å². The topological polar surface area (TPSA) is 33.1 Å². The van der Waals surface area contributed by atoms with Crippen LogP contribution in [-0.4, -0.2) is 47.9 Å². The summed E-state index contributed by atoms with van der Waals surface area (Å²) in [5.41, 5.74) is 3.94. The van der Waals surface area contributed by atoms with E-state index in [2.05, 4.69) is 54.7 Å². The van der Waals surface area contributed by atoms with E-state index in [0.717, 1.165) is 39.1 Å². The summed E-state index contributed by atoms with van der Waals surface area (Å²) >= 11 is 0. The Morgan fingerprint density at radius 3 is 2.50 bits per heavy atom. The fourth-order valence-corrected chi connectivity index (χ4v) is 2.26. The number of aromatic nitrogens is 2. The van der Waals surface area contributed by atoms with Crippen molar-refractivity contribution < 1.29 is 0 Å². The molecule has 0 spiro atoms. The minimum atomic E-state index is 0.961. The lowest BCUT2D eigenvalue weighted by molar-refractivity contribution is 0.336. The van der Waals surface area contributed by atoms with Crippen molar-refractivity contribution >= 4 is 0 Å². The van der Waals surface area contributed by atoms with Gasteiger partial charge in [0.15, 0.2) is 0 Å². The first kappa shape index (κ1) is 15.2. The lowest BCUT2D eigenvalue weighted by atomic mass is 10.1. The molecule has 0 aliphatic heterocycles. The third-order valence-electron chi connectivity index (χ3n) is 3.49. The van der Waals surface area contributed by atoms with E-state index in [0.29, 0.717) is 0 Å². The van der Waals surface area contributed by atoms with E-state index in [1.807, 2.05) is 0 Å². The van der Waals surface area contributed by atoms with Crippen molar-refractivity contribution in [3.05, 3.63) is 17.0 Å². The molecule has 1 heterocycles. The molecular formula is C14H28N4. The fourth-order valence-electron chi connectivity index (χ4n) is 2.26. The predicted octanol–water partition coefficient (Wildman–Crippen LogP) is 1.60. The van der Waals surface area contributed by atoms with Crippen LogP contribution in [0, 0.1) is 13.8 Å². The first-order chi connectivity index (χ1) is 8.60. The second-order valence-corrected chi connectivity index (χ2v) is 4.87. The zero-order valence-corrected chi connectivity index (χ0v) is 12.6. The number of likely N-dealkylation sites (N-methyl/N-ethyl adjacent to an activating group) is 2. The summed E-state index contributed by atoms with van der Waals surface area (Å²) < 4.78 is 2.10. The Hall–Kier alpha value is -0.870. The van der Waals surface area contributed by atoms with Crippen molar-refractivity contribution in [2.24, 2.45) is 0 Å². The molecule has 0 amide bonds. The molecule has 4 heteroatoms.